The van der Waals surface area contributed by atoms with E-state index in [1.807, 2.05) is 0 Å². The van der Waals surface area contributed by atoms with Gasteiger partial charge >= 0.3 is 6.18 Å². The van der Waals surface area contributed by atoms with Gasteiger partial charge < -0.3 is 14.6 Å². The Labute approximate surface area is 155 Å². The van der Waals surface area contributed by atoms with Crippen molar-refractivity contribution < 1.29 is 32.5 Å². The van der Waals surface area contributed by atoms with Crippen molar-refractivity contribution in [2.45, 2.75) is 45.5 Å². The van der Waals surface area contributed by atoms with Gasteiger partial charge in [0.2, 0.25) is 5.91 Å². The Morgan fingerprint density at radius 2 is 1.81 bits per heavy atom. The maximum Gasteiger partial charge on any atom is 0.431 e. The maximum atomic E-state index is 13.1. The van der Waals surface area contributed by atoms with E-state index in [0.717, 1.165) is 0 Å². The Hall–Kier alpha value is -2.29. The lowest BCUT2D eigenvalue weighted by Gasteiger charge is -2.41. The number of benzene rings is 1. The van der Waals surface area contributed by atoms with Crippen molar-refractivity contribution in [1.82, 2.24) is 5.01 Å². The number of hydrogen-bond acceptors (Lipinski definition) is 5. The minimum Gasteiger partial charge on any atom is -0.493 e. The molecule has 0 bridgehead atoms. The number of hydrazone groups is 1. The molecule has 0 spiro atoms. The van der Waals surface area contributed by atoms with Gasteiger partial charge in [-0.2, -0.15) is 18.3 Å². The average molecular weight is 388 g/mol. The van der Waals surface area contributed by atoms with E-state index in [4.69, 9.17) is 9.47 Å². The molecule has 1 N–H and O–H groups in total. The largest absolute Gasteiger partial charge is 0.493 e. The number of carbonyl (C=O) groups is 1. The molecule has 1 aromatic carbocycles. The molecule has 1 aliphatic heterocycles. The van der Waals surface area contributed by atoms with E-state index in [0.29, 0.717) is 22.1 Å². The monoisotopic (exact) mass is 388 g/mol. The number of methoxy groups -OCH3 is 2. The van der Waals surface area contributed by atoms with E-state index in [1.165, 1.54) is 14.2 Å². The predicted molar refractivity (Wildman–Crippen MR) is 92.6 cm³/mol. The van der Waals surface area contributed by atoms with Crippen molar-refractivity contribution in [3.63, 3.8) is 0 Å². The van der Waals surface area contributed by atoms with Gasteiger partial charge in [-0.05, 0) is 17.7 Å². The van der Waals surface area contributed by atoms with Gasteiger partial charge in [0.05, 0.1) is 20.6 Å². The minimum absolute atomic E-state index is 0.257. The lowest BCUT2D eigenvalue weighted by molar-refractivity contribution is -0.181. The molecule has 0 saturated heterocycles. The number of alkyl halides is 3. The number of carbonyl (C=O) groups excluding carboxylic acids is 1. The zero-order chi connectivity index (χ0) is 20.6. The van der Waals surface area contributed by atoms with Gasteiger partial charge in [-0.3, -0.25) is 4.79 Å². The number of rotatable bonds is 4. The summed E-state index contributed by atoms with van der Waals surface area (Å²) in [7, 11) is 2.89. The van der Waals surface area contributed by atoms with E-state index in [1.54, 1.807) is 39.0 Å². The van der Waals surface area contributed by atoms with Crippen LogP contribution >= 0.6 is 0 Å². The van der Waals surface area contributed by atoms with Crippen LogP contribution in [0.1, 0.15) is 32.8 Å². The van der Waals surface area contributed by atoms with E-state index in [9.17, 15) is 23.1 Å². The van der Waals surface area contributed by atoms with Gasteiger partial charge in [0.15, 0.2) is 17.2 Å². The normalized spacial score (nSPS) is 20.5. The second kappa shape index (κ2) is 7.03. The molecule has 0 aliphatic carbocycles. The standard InChI is InChI=1S/C18H23F3N2O4/c1-16(2,3)17(25)10-14(18(19,20)21)22-23(17)15(24)9-11-6-7-12(26-4)13(8-11)27-5/h6-8,25H,9-10H2,1-5H3/t17-/m1/s1. The summed E-state index contributed by atoms with van der Waals surface area (Å²) in [6.45, 7) is 4.66. The first-order valence-corrected chi connectivity index (χ1v) is 8.24. The van der Waals surface area contributed by atoms with Crippen molar-refractivity contribution in [3.05, 3.63) is 23.8 Å². The van der Waals surface area contributed by atoms with Crippen LogP contribution in [0.25, 0.3) is 0 Å². The Bertz CT molecular complexity index is 756. The lowest BCUT2D eigenvalue weighted by atomic mass is 9.80. The molecule has 0 saturated carbocycles. The third kappa shape index (κ3) is 4.02. The fraction of sp³-hybridized carbons (Fsp3) is 0.556. The smallest absolute Gasteiger partial charge is 0.431 e. The van der Waals surface area contributed by atoms with Crippen LogP contribution in [0.5, 0.6) is 11.5 Å². The summed E-state index contributed by atoms with van der Waals surface area (Å²) in [5.74, 6) is 0.0899. The van der Waals surface area contributed by atoms with Gasteiger partial charge in [-0.25, -0.2) is 5.01 Å². The molecule has 27 heavy (non-hydrogen) atoms. The molecule has 1 heterocycles. The summed E-state index contributed by atoms with van der Waals surface area (Å²) in [6, 6.07) is 4.74. The maximum absolute atomic E-state index is 13.1. The zero-order valence-corrected chi connectivity index (χ0v) is 15.8. The van der Waals surface area contributed by atoms with Crippen LogP contribution in [0.2, 0.25) is 0 Å². The molecule has 0 aromatic heterocycles. The first kappa shape index (κ1) is 21.0. The van der Waals surface area contributed by atoms with E-state index in [-0.39, 0.29) is 6.42 Å². The second-order valence-electron chi connectivity index (χ2n) is 7.36. The number of halogens is 3. The topological polar surface area (TPSA) is 71.4 Å². The van der Waals surface area contributed by atoms with Gasteiger partial charge in [0, 0.05) is 11.8 Å². The van der Waals surface area contributed by atoms with Crippen molar-refractivity contribution in [2.24, 2.45) is 10.5 Å². The highest BCUT2D eigenvalue weighted by Crippen LogP contribution is 2.43. The molecular weight excluding hydrogens is 365 g/mol. The fourth-order valence-electron chi connectivity index (χ4n) is 2.79. The van der Waals surface area contributed by atoms with Gasteiger partial charge in [0.1, 0.15) is 5.71 Å². The third-order valence-electron chi connectivity index (χ3n) is 4.55. The summed E-state index contributed by atoms with van der Waals surface area (Å²) < 4.78 is 49.7. The van der Waals surface area contributed by atoms with Crippen LogP contribution in [0.15, 0.2) is 23.3 Å². The minimum atomic E-state index is -4.72. The van der Waals surface area contributed by atoms with Crippen LogP contribution in [0, 0.1) is 5.41 Å². The third-order valence-corrected chi connectivity index (χ3v) is 4.55. The summed E-state index contributed by atoms with van der Waals surface area (Å²) in [5, 5.41) is 14.9. The Morgan fingerprint density at radius 3 is 2.30 bits per heavy atom. The molecule has 1 atom stereocenters. The summed E-state index contributed by atoms with van der Waals surface area (Å²) in [5.41, 5.74) is -3.81. The average Bonchev–Trinajstić information content (AvgIpc) is 2.94. The highest BCUT2D eigenvalue weighted by molar-refractivity contribution is 5.94. The summed E-state index contributed by atoms with van der Waals surface area (Å²) in [6.07, 6.45) is -5.76. The first-order chi connectivity index (χ1) is 12.3. The molecule has 6 nitrogen and oxygen atoms in total. The molecule has 2 rings (SSSR count). The molecule has 0 fully saturated rings. The Kier molecular flexibility index (Phi) is 5.47. The van der Waals surface area contributed by atoms with Crippen LogP contribution in [-0.4, -0.2) is 47.9 Å². The number of hydrogen-bond donors (Lipinski definition) is 1. The SMILES string of the molecule is COc1ccc(CC(=O)N2N=C(C(F)(F)F)C[C@@]2(O)C(C)(C)C)cc1OC. The molecule has 1 aliphatic rings. The number of nitrogens with zero attached hydrogens (tertiary/aromatic N) is 2. The lowest BCUT2D eigenvalue weighted by Crippen LogP contribution is -2.55. The van der Waals surface area contributed by atoms with Crippen molar-refractivity contribution in [1.29, 1.82) is 0 Å². The number of amides is 1. The Balaban J connectivity index is 2.35. The Morgan fingerprint density at radius 1 is 1.22 bits per heavy atom. The molecule has 9 heteroatoms. The van der Waals surface area contributed by atoms with E-state index in [2.05, 4.69) is 5.10 Å². The predicted octanol–water partition coefficient (Wildman–Crippen LogP) is 3.13. The van der Waals surface area contributed by atoms with E-state index >= 15 is 0 Å². The summed E-state index contributed by atoms with van der Waals surface area (Å²) >= 11 is 0. The summed E-state index contributed by atoms with van der Waals surface area (Å²) in [4.78, 5) is 12.7. The molecule has 1 aromatic rings. The van der Waals surface area contributed by atoms with Crippen molar-refractivity contribution >= 4 is 11.6 Å². The zero-order valence-electron chi connectivity index (χ0n) is 15.8. The quantitative estimate of drug-likeness (QED) is 0.860. The first-order valence-electron chi connectivity index (χ1n) is 8.24. The van der Waals surface area contributed by atoms with E-state index < -0.39 is 35.4 Å². The van der Waals surface area contributed by atoms with Gasteiger partial charge in [-0.1, -0.05) is 26.8 Å². The van der Waals surface area contributed by atoms with Crippen LogP contribution < -0.4 is 9.47 Å². The van der Waals surface area contributed by atoms with Gasteiger partial charge in [0.25, 0.3) is 0 Å². The van der Waals surface area contributed by atoms with Crippen molar-refractivity contribution in [3.8, 4) is 11.5 Å². The van der Waals surface area contributed by atoms with Crippen LogP contribution in [-0.2, 0) is 11.2 Å². The number of aliphatic hydroxyl groups is 1. The molecule has 1 amide bonds. The molecule has 0 radical (unpaired) electrons. The van der Waals surface area contributed by atoms with Crippen molar-refractivity contribution in [2.75, 3.05) is 14.2 Å². The van der Waals surface area contributed by atoms with Crippen LogP contribution in [0.3, 0.4) is 0 Å². The second-order valence-corrected chi connectivity index (χ2v) is 7.36. The number of ether oxygens (including phenoxy) is 2. The fourth-order valence-corrected chi connectivity index (χ4v) is 2.79. The highest BCUT2D eigenvalue weighted by Gasteiger charge is 2.57. The molecule has 150 valence electrons. The van der Waals surface area contributed by atoms with Gasteiger partial charge in [-0.15, -0.1) is 0 Å². The molecule has 0 unspecified atom stereocenters. The van der Waals surface area contributed by atoms with Crippen LogP contribution in [0.4, 0.5) is 13.2 Å². The highest BCUT2D eigenvalue weighted by atomic mass is 19.4. The molecular formula is C18H23F3N2O4.